The number of tetrazole rings is 1. The molecule has 2 heterocycles. The van der Waals surface area contributed by atoms with Gasteiger partial charge in [0, 0.05) is 11.3 Å². The third-order valence-corrected chi connectivity index (χ3v) is 6.15. The summed E-state index contributed by atoms with van der Waals surface area (Å²) < 4.78 is 33.2. The lowest BCUT2D eigenvalue weighted by Crippen LogP contribution is -2.30. The summed E-state index contributed by atoms with van der Waals surface area (Å²) in [5.74, 6) is 0.387. The first-order valence-electron chi connectivity index (χ1n) is 11.1. The highest BCUT2D eigenvalue weighted by Crippen LogP contribution is 2.43. The lowest BCUT2D eigenvalue weighted by atomic mass is 9.95. The molecule has 1 aliphatic heterocycles. The highest BCUT2D eigenvalue weighted by Gasteiger charge is 2.36. The average Bonchev–Trinajstić information content (AvgIpc) is 3.31. The van der Waals surface area contributed by atoms with Crippen LogP contribution in [0.1, 0.15) is 43.9 Å². The normalized spacial score (nSPS) is 14.8. The summed E-state index contributed by atoms with van der Waals surface area (Å²) in [6, 6.07) is 9.28. The number of carbonyl (C=O) groups is 1. The van der Waals surface area contributed by atoms with Gasteiger partial charge in [0.2, 0.25) is 5.95 Å². The molecule has 11 heteroatoms. The maximum Gasteiger partial charge on any atom is 0.338 e. The van der Waals surface area contributed by atoms with Crippen LogP contribution in [0.5, 0.6) is 11.5 Å². The van der Waals surface area contributed by atoms with Gasteiger partial charge in [-0.2, -0.15) is 4.68 Å². The molecule has 0 radical (unpaired) electrons. The number of hydrogen-bond donors (Lipinski definition) is 1. The second kappa shape index (κ2) is 10.9. The quantitative estimate of drug-likeness (QED) is 0.302. The molecule has 3 aromatic rings. The molecule has 0 spiro atoms. The predicted octanol–water partition coefficient (Wildman–Crippen LogP) is 4.79. The Kier molecular flexibility index (Phi) is 7.64. The number of aromatic nitrogens is 4. The predicted molar refractivity (Wildman–Crippen MR) is 130 cm³/mol. The van der Waals surface area contributed by atoms with E-state index in [1.807, 2.05) is 6.92 Å². The Bertz CT molecular complexity index is 1260. The highest BCUT2D eigenvalue weighted by molar-refractivity contribution is 9.10. The molecule has 1 atom stereocenters. The Morgan fingerprint density at radius 1 is 1.29 bits per heavy atom. The zero-order chi connectivity index (χ0) is 24.9. The fourth-order valence-corrected chi connectivity index (χ4v) is 4.35. The zero-order valence-electron chi connectivity index (χ0n) is 19.5. The number of nitrogens with one attached hydrogen (secondary N) is 1. The molecule has 1 aromatic heterocycles. The average molecular weight is 546 g/mol. The molecular formula is C24H25BrFN5O4. The van der Waals surface area contributed by atoms with E-state index < -0.39 is 12.0 Å². The monoisotopic (exact) mass is 545 g/mol. The first-order valence-corrected chi connectivity index (χ1v) is 11.9. The molecule has 1 N–H and O–H groups in total. The Hall–Kier alpha value is -3.47. The minimum Gasteiger partial charge on any atom is -0.493 e. The summed E-state index contributed by atoms with van der Waals surface area (Å²) >= 11 is 3.54. The van der Waals surface area contributed by atoms with Crippen molar-refractivity contribution in [2.45, 2.75) is 39.3 Å². The van der Waals surface area contributed by atoms with Gasteiger partial charge in [-0.25, -0.2) is 9.18 Å². The van der Waals surface area contributed by atoms with Gasteiger partial charge in [0.15, 0.2) is 11.5 Å². The van der Waals surface area contributed by atoms with Crippen LogP contribution >= 0.6 is 15.9 Å². The second-order valence-corrected chi connectivity index (χ2v) is 8.77. The van der Waals surface area contributed by atoms with Crippen LogP contribution in [0.25, 0.3) is 0 Å². The number of unbranched alkanes of at least 4 members (excludes halogenated alkanes) is 1. The molecule has 0 fully saturated rings. The minimum atomic E-state index is -0.666. The van der Waals surface area contributed by atoms with E-state index in [0.717, 1.165) is 12.8 Å². The maximum absolute atomic E-state index is 14.1. The van der Waals surface area contributed by atoms with Crippen LogP contribution in [0.4, 0.5) is 10.3 Å². The summed E-state index contributed by atoms with van der Waals surface area (Å²) in [5, 5.41) is 14.9. The van der Waals surface area contributed by atoms with Crippen molar-refractivity contribution in [3.05, 3.63) is 69.1 Å². The van der Waals surface area contributed by atoms with Crippen LogP contribution in [-0.2, 0) is 16.1 Å². The number of benzene rings is 2. The number of anilines is 1. The van der Waals surface area contributed by atoms with E-state index in [1.165, 1.54) is 17.9 Å². The Balaban J connectivity index is 1.70. The maximum atomic E-state index is 14.1. The number of carbonyl (C=O) groups excluding carboxylic acids is 1. The van der Waals surface area contributed by atoms with E-state index >= 15 is 0 Å². The van der Waals surface area contributed by atoms with Gasteiger partial charge in [0.05, 0.1) is 23.8 Å². The van der Waals surface area contributed by atoms with Crippen LogP contribution in [0.15, 0.2) is 52.1 Å². The van der Waals surface area contributed by atoms with E-state index in [0.29, 0.717) is 50.9 Å². The van der Waals surface area contributed by atoms with Crippen LogP contribution < -0.4 is 14.8 Å². The molecule has 2 aromatic carbocycles. The smallest absolute Gasteiger partial charge is 0.338 e. The number of methoxy groups -OCH3 is 1. The number of halogens is 2. The van der Waals surface area contributed by atoms with Crippen LogP contribution in [0.3, 0.4) is 0 Å². The number of hydrogen-bond acceptors (Lipinski definition) is 8. The Labute approximate surface area is 210 Å². The molecule has 0 saturated carbocycles. The summed E-state index contributed by atoms with van der Waals surface area (Å²) in [4.78, 5) is 13.1. The highest BCUT2D eigenvalue weighted by atomic mass is 79.9. The van der Waals surface area contributed by atoms with E-state index in [1.54, 1.807) is 37.3 Å². The van der Waals surface area contributed by atoms with Crippen LogP contribution in [-0.4, -0.2) is 39.9 Å². The number of ether oxygens (including phenoxy) is 3. The molecule has 35 heavy (non-hydrogen) atoms. The molecule has 0 saturated heterocycles. The van der Waals surface area contributed by atoms with Gasteiger partial charge < -0.3 is 19.5 Å². The van der Waals surface area contributed by atoms with Gasteiger partial charge in [-0.1, -0.05) is 36.6 Å². The Morgan fingerprint density at radius 2 is 2.09 bits per heavy atom. The third kappa shape index (κ3) is 5.14. The van der Waals surface area contributed by atoms with Crippen molar-refractivity contribution >= 4 is 27.8 Å². The number of nitrogens with zero attached hydrogens (tertiary/aromatic N) is 4. The summed E-state index contributed by atoms with van der Waals surface area (Å²) in [5.41, 5.74) is 2.06. The van der Waals surface area contributed by atoms with Crippen molar-refractivity contribution in [2.75, 3.05) is 19.0 Å². The van der Waals surface area contributed by atoms with E-state index in [-0.39, 0.29) is 12.4 Å². The van der Waals surface area contributed by atoms with E-state index in [2.05, 4.69) is 36.8 Å². The van der Waals surface area contributed by atoms with Crippen molar-refractivity contribution in [2.24, 2.45) is 0 Å². The van der Waals surface area contributed by atoms with Crippen molar-refractivity contribution in [3.8, 4) is 11.5 Å². The first-order chi connectivity index (χ1) is 16.9. The largest absolute Gasteiger partial charge is 0.493 e. The molecule has 0 aliphatic carbocycles. The number of rotatable bonds is 9. The van der Waals surface area contributed by atoms with E-state index in [4.69, 9.17) is 14.2 Å². The van der Waals surface area contributed by atoms with Gasteiger partial charge in [0.1, 0.15) is 18.5 Å². The molecule has 184 valence electrons. The molecule has 9 nitrogen and oxygen atoms in total. The standard InChI is InChI=1S/C24H25BrFN5O4/c1-4-5-10-34-23(32)20-14(2)27-24-28-29-30-31(24)21(20)16-11-17(25)22(19(12-16)33-3)35-13-15-8-6-7-9-18(15)26/h6-9,11-12,21H,4-5,10,13H2,1-3H3,(H,27,28,30). The van der Waals surface area contributed by atoms with Crippen LogP contribution in [0, 0.1) is 5.82 Å². The third-order valence-electron chi connectivity index (χ3n) is 5.56. The lowest BCUT2D eigenvalue weighted by Gasteiger charge is -2.28. The van der Waals surface area contributed by atoms with E-state index in [9.17, 15) is 9.18 Å². The molecular weight excluding hydrogens is 521 g/mol. The minimum absolute atomic E-state index is 0.0134. The van der Waals surface area contributed by atoms with Crippen molar-refractivity contribution in [3.63, 3.8) is 0 Å². The number of allylic oxidation sites excluding steroid dienone is 1. The van der Waals surface area contributed by atoms with Gasteiger partial charge in [-0.3, -0.25) is 0 Å². The SMILES string of the molecule is CCCCOC(=O)C1=C(C)Nc2nnnn2C1c1cc(Br)c(OCc2ccccc2F)c(OC)c1. The summed E-state index contributed by atoms with van der Waals surface area (Å²) in [7, 11) is 1.51. The molecule has 0 bridgehead atoms. The van der Waals surface area contributed by atoms with Gasteiger partial charge >= 0.3 is 5.97 Å². The van der Waals surface area contributed by atoms with Gasteiger partial charge in [-0.15, -0.1) is 0 Å². The molecule has 0 amide bonds. The molecule has 1 aliphatic rings. The summed E-state index contributed by atoms with van der Waals surface area (Å²) in [6.45, 7) is 4.13. The fraction of sp³-hybridized carbons (Fsp3) is 0.333. The van der Waals surface area contributed by atoms with Crippen molar-refractivity contribution < 1.29 is 23.4 Å². The second-order valence-electron chi connectivity index (χ2n) is 7.92. The van der Waals surface area contributed by atoms with Gasteiger partial charge in [-0.05, 0) is 63.5 Å². The molecule has 1 unspecified atom stereocenters. The van der Waals surface area contributed by atoms with Crippen molar-refractivity contribution in [1.29, 1.82) is 0 Å². The summed E-state index contributed by atoms with van der Waals surface area (Å²) in [6.07, 6.45) is 1.67. The number of fused-ring (bicyclic) bond motifs is 1. The topological polar surface area (TPSA) is 100 Å². The van der Waals surface area contributed by atoms with Gasteiger partial charge in [0.25, 0.3) is 0 Å². The fourth-order valence-electron chi connectivity index (χ4n) is 3.77. The molecule has 4 rings (SSSR count). The Morgan fingerprint density at radius 3 is 2.83 bits per heavy atom. The van der Waals surface area contributed by atoms with Crippen LogP contribution in [0.2, 0.25) is 0 Å². The van der Waals surface area contributed by atoms with Crippen molar-refractivity contribution in [1.82, 2.24) is 20.2 Å². The first kappa shape index (κ1) is 24.6. The lowest BCUT2D eigenvalue weighted by molar-refractivity contribution is -0.139. The zero-order valence-corrected chi connectivity index (χ0v) is 21.1. The number of esters is 1.